The number of likely N-dealkylation sites (N-methyl/N-ethyl adjacent to an activating group) is 1. The fraction of sp³-hybridized carbons (Fsp3) is 0.467. The van der Waals surface area contributed by atoms with Crippen molar-refractivity contribution in [1.82, 2.24) is 10.2 Å². The van der Waals surface area contributed by atoms with Crippen LogP contribution in [0, 0.1) is 0 Å². The molecule has 2 aromatic rings. The number of nitrogens with zero attached hydrogens (tertiary/aromatic N) is 1. The number of rotatable bonds is 6. The first-order valence-corrected chi connectivity index (χ1v) is 7.05. The molecule has 1 aromatic carbocycles. The summed E-state index contributed by atoms with van der Waals surface area (Å²) in [5, 5.41) is 5.25. The summed E-state index contributed by atoms with van der Waals surface area (Å²) in [6.45, 7) is 4.04. The topological polar surface area (TPSA) is 28.4 Å². The van der Waals surface area contributed by atoms with Crippen molar-refractivity contribution < 1.29 is 4.42 Å². The van der Waals surface area contributed by atoms with Crippen LogP contribution in [0.3, 0.4) is 0 Å². The van der Waals surface area contributed by atoms with Gasteiger partial charge in [0.1, 0.15) is 5.76 Å². The Bertz CT molecular complexity index is 536. The van der Waals surface area contributed by atoms with Crippen molar-refractivity contribution in [2.75, 3.05) is 27.2 Å². The lowest BCUT2D eigenvalue weighted by atomic mass is 10.2. The van der Waals surface area contributed by atoms with Gasteiger partial charge in [0.2, 0.25) is 0 Å². The lowest BCUT2D eigenvalue weighted by molar-refractivity contribution is 0.313. The second-order valence-corrected chi connectivity index (χ2v) is 5.48. The van der Waals surface area contributed by atoms with E-state index in [1.165, 1.54) is 0 Å². The van der Waals surface area contributed by atoms with Crippen molar-refractivity contribution in [3.05, 3.63) is 35.0 Å². The predicted octanol–water partition coefficient (Wildman–Crippen LogP) is 3.69. The molecule has 2 rings (SSSR count). The van der Waals surface area contributed by atoms with Gasteiger partial charge in [0, 0.05) is 11.9 Å². The molecule has 1 atom stereocenters. The molecule has 0 fully saturated rings. The van der Waals surface area contributed by atoms with Gasteiger partial charge in [-0.15, -0.1) is 0 Å². The van der Waals surface area contributed by atoms with E-state index in [-0.39, 0.29) is 6.04 Å². The number of furan rings is 1. The van der Waals surface area contributed by atoms with Crippen LogP contribution in [0.15, 0.2) is 28.7 Å². The highest BCUT2D eigenvalue weighted by atomic mass is 35.5. The lowest BCUT2D eigenvalue weighted by Gasteiger charge is -2.20. The molecule has 1 heterocycles. The summed E-state index contributed by atoms with van der Waals surface area (Å²) in [4.78, 5) is 2.15. The van der Waals surface area contributed by atoms with Crippen molar-refractivity contribution in [3.8, 4) is 0 Å². The molecule has 0 saturated heterocycles. The summed E-state index contributed by atoms with van der Waals surface area (Å²) in [5.41, 5.74) is 0.779. The molecule has 104 valence electrons. The van der Waals surface area contributed by atoms with Crippen LogP contribution in [-0.2, 0) is 0 Å². The van der Waals surface area contributed by atoms with Gasteiger partial charge < -0.3 is 14.6 Å². The number of benzene rings is 1. The first-order chi connectivity index (χ1) is 9.11. The SMILES string of the molecule is CCCNC(CN(C)C)c1cc2cccc(Cl)c2o1. The Hall–Kier alpha value is -1.03. The third-order valence-electron chi connectivity index (χ3n) is 3.05. The normalized spacial score (nSPS) is 13.3. The van der Waals surface area contributed by atoms with E-state index >= 15 is 0 Å². The van der Waals surface area contributed by atoms with E-state index in [2.05, 4.69) is 37.3 Å². The molecule has 0 radical (unpaired) electrons. The molecule has 3 nitrogen and oxygen atoms in total. The summed E-state index contributed by atoms with van der Waals surface area (Å²) < 4.78 is 5.94. The first kappa shape index (κ1) is 14.4. The van der Waals surface area contributed by atoms with Crippen molar-refractivity contribution >= 4 is 22.6 Å². The summed E-state index contributed by atoms with van der Waals surface area (Å²) in [6.07, 6.45) is 1.10. The van der Waals surface area contributed by atoms with E-state index in [1.54, 1.807) is 0 Å². The lowest BCUT2D eigenvalue weighted by Crippen LogP contribution is -2.31. The minimum Gasteiger partial charge on any atom is -0.458 e. The highest BCUT2D eigenvalue weighted by Crippen LogP contribution is 2.29. The zero-order valence-corrected chi connectivity index (χ0v) is 12.5. The highest BCUT2D eigenvalue weighted by Gasteiger charge is 2.17. The molecule has 0 saturated carbocycles. The molecule has 4 heteroatoms. The fourth-order valence-corrected chi connectivity index (χ4v) is 2.38. The molecule has 1 N–H and O–H groups in total. The number of para-hydroxylation sites is 1. The van der Waals surface area contributed by atoms with Gasteiger partial charge in [0.15, 0.2) is 5.58 Å². The summed E-state index contributed by atoms with van der Waals surface area (Å²) in [7, 11) is 4.13. The van der Waals surface area contributed by atoms with E-state index in [1.807, 2.05) is 18.2 Å². The first-order valence-electron chi connectivity index (χ1n) is 6.68. The quantitative estimate of drug-likeness (QED) is 0.875. The van der Waals surface area contributed by atoms with Crippen molar-refractivity contribution in [2.45, 2.75) is 19.4 Å². The average Bonchev–Trinajstić information content (AvgIpc) is 2.79. The molecule has 0 bridgehead atoms. The molecule has 1 aromatic heterocycles. The maximum absolute atomic E-state index is 6.16. The Morgan fingerprint density at radius 2 is 2.16 bits per heavy atom. The van der Waals surface area contributed by atoms with Gasteiger partial charge in [-0.1, -0.05) is 30.7 Å². The zero-order valence-electron chi connectivity index (χ0n) is 11.7. The second-order valence-electron chi connectivity index (χ2n) is 5.08. The molecule has 0 aliphatic rings. The molecular formula is C15H21ClN2O. The molecule has 0 aliphatic carbocycles. The Balaban J connectivity index is 2.29. The van der Waals surface area contributed by atoms with E-state index in [9.17, 15) is 0 Å². The van der Waals surface area contributed by atoms with Gasteiger partial charge in [-0.2, -0.15) is 0 Å². The van der Waals surface area contributed by atoms with Gasteiger partial charge in [0.05, 0.1) is 11.1 Å². The molecule has 19 heavy (non-hydrogen) atoms. The van der Waals surface area contributed by atoms with Crippen LogP contribution in [-0.4, -0.2) is 32.1 Å². The predicted molar refractivity (Wildman–Crippen MR) is 80.8 cm³/mol. The molecule has 1 unspecified atom stereocenters. The van der Waals surface area contributed by atoms with E-state index in [4.69, 9.17) is 16.0 Å². The monoisotopic (exact) mass is 280 g/mol. The van der Waals surface area contributed by atoms with Crippen molar-refractivity contribution in [3.63, 3.8) is 0 Å². The number of nitrogens with one attached hydrogen (secondary N) is 1. The molecule has 0 spiro atoms. The Morgan fingerprint density at radius 1 is 1.37 bits per heavy atom. The van der Waals surface area contributed by atoms with E-state index in [0.717, 1.165) is 36.2 Å². The number of hydrogen-bond acceptors (Lipinski definition) is 3. The van der Waals surface area contributed by atoms with Gasteiger partial charge in [-0.05, 0) is 39.2 Å². The minimum absolute atomic E-state index is 0.193. The smallest absolute Gasteiger partial charge is 0.152 e. The van der Waals surface area contributed by atoms with Crippen molar-refractivity contribution in [2.24, 2.45) is 0 Å². The standard InChI is InChI=1S/C15H21ClN2O/c1-4-8-17-13(10-18(2)3)14-9-11-6-5-7-12(16)15(11)19-14/h5-7,9,13,17H,4,8,10H2,1-3H3. The third-order valence-corrected chi connectivity index (χ3v) is 3.34. The van der Waals surface area contributed by atoms with E-state index in [0.29, 0.717) is 5.02 Å². The maximum Gasteiger partial charge on any atom is 0.152 e. The summed E-state index contributed by atoms with van der Waals surface area (Å²) in [5.74, 6) is 0.949. The van der Waals surface area contributed by atoms with Crippen LogP contribution in [0.1, 0.15) is 25.1 Å². The largest absolute Gasteiger partial charge is 0.458 e. The van der Waals surface area contributed by atoms with Crippen LogP contribution < -0.4 is 5.32 Å². The van der Waals surface area contributed by atoms with Gasteiger partial charge >= 0.3 is 0 Å². The molecular weight excluding hydrogens is 260 g/mol. The van der Waals surface area contributed by atoms with Crippen LogP contribution in [0.2, 0.25) is 5.02 Å². The molecule has 0 aliphatic heterocycles. The summed E-state index contributed by atoms with van der Waals surface area (Å²) in [6, 6.07) is 8.11. The maximum atomic E-state index is 6.16. The fourth-order valence-electron chi connectivity index (χ4n) is 2.16. The average molecular weight is 281 g/mol. The van der Waals surface area contributed by atoms with Crippen LogP contribution in [0.5, 0.6) is 0 Å². The van der Waals surface area contributed by atoms with Gasteiger partial charge in [0.25, 0.3) is 0 Å². The van der Waals surface area contributed by atoms with Crippen molar-refractivity contribution in [1.29, 1.82) is 0 Å². The summed E-state index contributed by atoms with van der Waals surface area (Å²) >= 11 is 6.16. The van der Waals surface area contributed by atoms with Gasteiger partial charge in [-0.25, -0.2) is 0 Å². The number of fused-ring (bicyclic) bond motifs is 1. The third kappa shape index (κ3) is 3.50. The second kappa shape index (κ2) is 6.42. The van der Waals surface area contributed by atoms with Crippen LogP contribution >= 0.6 is 11.6 Å². The van der Waals surface area contributed by atoms with E-state index < -0.39 is 0 Å². The number of hydrogen-bond donors (Lipinski definition) is 1. The Labute approximate surface area is 119 Å². The Kier molecular flexibility index (Phi) is 4.86. The minimum atomic E-state index is 0.193. The molecule has 0 amide bonds. The van der Waals surface area contributed by atoms with Crippen LogP contribution in [0.25, 0.3) is 11.0 Å². The highest BCUT2D eigenvalue weighted by molar-refractivity contribution is 6.34. The zero-order chi connectivity index (χ0) is 13.8. The Morgan fingerprint density at radius 3 is 2.79 bits per heavy atom. The van der Waals surface area contributed by atoms with Gasteiger partial charge in [-0.3, -0.25) is 0 Å². The number of halogens is 1. The van der Waals surface area contributed by atoms with Crippen LogP contribution in [0.4, 0.5) is 0 Å².